The van der Waals surface area contributed by atoms with Crippen LogP contribution in [0.1, 0.15) is 79.6 Å². The number of amides is 1. The summed E-state index contributed by atoms with van der Waals surface area (Å²) in [6, 6.07) is -0.216. The van der Waals surface area contributed by atoms with Crippen molar-refractivity contribution in [2.75, 3.05) is 0 Å². The number of Topliss-reactive ketones (excluding diaryl/α,β-unsaturated/α-hetero) is 1. The van der Waals surface area contributed by atoms with Crippen LogP contribution in [0.3, 0.4) is 0 Å². The van der Waals surface area contributed by atoms with Crippen LogP contribution in [-0.2, 0) is 9.53 Å². The normalized spacial score (nSPS) is 19.0. The Morgan fingerprint density at radius 2 is 1.75 bits per heavy atom. The van der Waals surface area contributed by atoms with E-state index in [1.165, 1.54) is 6.42 Å². The van der Waals surface area contributed by atoms with Gasteiger partial charge in [-0.25, -0.2) is 4.79 Å². The van der Waals surface area contributed by atoms with Gasteiger partial charge in [-0.15, -0.1) is 0 Å². The smallest absolute Gasteiger partial charge is 0.407 e. The van der Waals surface area contributed by atoms with Gasteiger partial charge in [0.2, 0.25) is 0 Å². The zero-order valence-corrected chi connectivity index (χ0v) is 15.9. The molecule has 0 bridgehead atoms. The second kappa shape index (κ2) is 9.40. The highest BCUT2D eigenvalue weighted by molar-refractivity contribution is 5.83. The maximum atomic E-state index is 12.1. The lowest BCUT2D eigenvalue weighted by Gasteiger charge is -2.32. The minimum absolute atomic E-state index is 0.142. The zero-order valence-electron chi connectivity index (χ0n) is 15.9. The largest absolute Gasteiger partial charge is 0.444 e. The molecule has 0 heterocycles. The third-order valence-electron chi connectivity index (χ3n) is 4.38. The average Bonchev–Trinajstić information content (AvgIpc) is 2.44. The fraction of sp³-hybridized carbons (Fsp3) is 0.895. The Morgan fingerprint density at radius 1 is 1.17 bits per heavy atom. The molecule has 1 amide bonds. The van der Waals surface area contributed by atoms with Gasteiger partial charge in [-0.2, -0.15) is 0 Å². The van der Waals surface area contributed by atoms with E-state index >= 15 is 0 Å². The lowest BCUT2D eigenvalue weighted by atomic mass is 9.81. The number of nitrogens with one attached hydrogen (secondary N) is 1. The van der Waals surface area contributed by atoms with Crippen molar-refractivity contribution in [2.24, 2.45) is 11.8 Å². The Balaban J connectivity index is 2.70. The van der Waals surface area contributed by atoms with Gasteiger partial charge in [0.15, 0.2) is 5.78 Å². The molecule has 2 atom stereocenters. The first-order chi connectivity index (χ1) is 11.1. The third-order valence-corrected chi connectivity index (χ3v) is 4.38. The SMILES string of the molecule is CC(C)CC(=O)[C@H](O)C[C@H](NC(=O)OC(C)(C)C)C1CCCCC1. The number of alkyl carbamates (subject to hydrolysis) is 1. The van der Waals surface area contributed by atoms with E-state index in [9.17, 15) is 14.7 Å². The van der Waals surface area contributed by atoms with Crippen LogP contribution in [0.15, 0.2) is 0 Å². The molecule has 0 aliphatic heterocycles. The quantitative estimate of drug-likeness (QED) is 0.738. The van der Waals surface area contributed by atoms with E-state index in [-0.39, 0.29) is 24.2 Å². The molecule has 5 nitrogen and oxygen atoms in total. The van der Waals surface area contributed by atoms with Gasteiger partial charge < -0.3 is 15.2 Å². The van der Waals surface area contributed by atoms with Gasteiger partial charge in [0.05, 0.1) is 0 Å². The number of ether oxygens (including phenoxy) is 1. The topological polar surface area (TPSA) is 75.6 Å². The van der Waals surface area contributed by atoms with E-state index in [2.05, 4.69) is 5.32 Å². The van der Waals surface area contributed by atoms with Crippen LogP contribution in [0.25, 0.3) is 0 Å². The Morgan fingerprint density at radius 3 is 2.25 bits per heavy atom. The molecule has 0 aromatic carbocycles. The van der Waals surface area contributed by atoms with E-state index < -0.39 is 17.8 Å². The van der Waals surface area contributed by atoms with Crippen molar-refractivity contribution in [1.82, 2.24) is 5.32 Å². The fourth-order valence-electron chi connectivity index (χ4n) is 3.28. The minimum atomic E-state index is -1.02. The number of ketones is 1. The maximum Gasteiger partial charge on any atom is 0.407 e. The molecule has 1 rings (SSSR count). The summed E-state index contributed by atoms with van der Waals surface area (Å²) >= 11 is 0. The number of carbonyl (C=O) groups is 2. The first-order valence-corrected chi connectivity index (χ1v) is 9.28. The first-order valence-electron chi connectivity index (χ1n) is 9.28. The van der Waals surface area contributed by atoms with Crippen molar-refractivity contribution in [3.05, 3.63) is 0 Å². The van der Waals surface area contributed by atoms with Crippen LogP contribution >= 0.6 is 0 Å². The standard InChI is InChI=1S/C19H35NO4/c1-13(2)11-16(21)17(22)12-15(14-9-7-6-8-10-14)20-18(23)24-19(3,4)5/h13-15,17,22H,6-12H2,1-5H3,(H,20,23)/t15-,17+/m0/s1. The highest BCUT2D eigenvalue weighted by Crippen LogP contribution is 2.29. The molecule has 1 fully saturated rings. The van der Waals surface area contributed by atoms with Crippen molar-refractivity contribution in [3.63, 3.8) is 0 Å². The third kappa shape index (κ3) is 8.13. The number of aliphatic hydroxyl groups is 1. The molecule has 0 radical (unpaired) electrons. The summed E-state index contributed by atoms with van der Waals surface area (Å²) in [5, 5.41) is 13.2. The summed E-state index contributed by atoms with van der Waals surface area (Å²) in [6.07, 6.45) is 4.67. The Hall–Kier alpha value is -1.10. The fourth-order valence-corrected chi connectivity index (χ4v) is 3.28. The van der Waals surface area contributed by atoms with Crippen molar-refractivity contribution in [1.29, 1.82) is 0 Å². The zero-order chi connectivity index (χ0) is 18.3. The van der Waals surface area contributed by atoms with E-state index in [0.717, 1.165) is 25.7 Å². The molecule has 5 heteroatoms. The van der Waals surface area contributed by atoms with Crippen LogP contribution in [0.2, 0.25) is 0 Å². The first kappa shape index (κ1) is 20.9. The molecule has 1 saturated carbocycles. The lowest BCUT2D eigenvalue weighted by Crippen LogP contribution is -2.46. The summed E-state index contributed by atoms with van der Waals surface area (Å²) < 4.78 is 5.35. The molecular weight excluding hydrogens is 306 g/mol. The van der Waals surface area contributed by atoms with E-state index in [1.54, 1.807) is 0 Å². The van der Waals surface area contributed by atoms with Gasteiger partial charge >= 0.3 is 6.09 Å². The summed E-state index contributed by atoms with van der Waals surface area (Å²) in [5.41, 5.74) is -0.562. The monoisotopic (exact) mass is 341 g/mol. The molecule has 0 aromatic rings. The number of rotatable bonds is 7. The molecule has 24 heavy (non-hydrogen) atoms. The van der Waals surface area contributed by atoms with Crippen molar-refractivity contribution in [2.45, 2.75) is 97.3 Å². The molecule has 0 spiro atoms. The molecule has 140 valence electrons. The Labute approximate surface area is 146 Å². The number of carbonyl (C=O) groups excluding carboxylic acids is 2. The molecule has 1 aliphatic carbocycles. The molecule has 1 aliphatic rings. The molecule has 0 unspecified atom stereocenters. The van der Waals surface area contributed by atoms with Gasteiger partial charge in [-0.05, 0) is 45.4 Å². The molecule has 2 N–H and O–H groups in total. The van der Waals surface area contributed by atoms with Crippen LogP contribution in [-0.4, -0.2) is 34.7 Å². The van der Waals surface area contributed by atoms with Crippen LogP contribution in [0.5, 0.6) is 0 Å². The van der Waals surface area contributed by atoms with Crippen LogP contribution in [0.4, 0.5) is 4.79 Å². The summed E-state index contributed by atoms with van der Waals surface area (Å²) in [7, 11) is 0. The second-order valence-electron chi connectivity index (χ2n) is 8.47. The van der Waals surface area contributed by atoms with Crippen molar-refractivity contribution >= 4 is 11.9 Å². The van der Waals surface area contributed by atoms with Gasteiger partial charge in [0.25, 0.3) is 0 Å². The molecule has 0 saturated heterocycles. The summed E-state index contributed by atoms with van der Waals surface area (Å²) in [5.74, 6) is 0.378. The summed E-state index contributed by atoms with van der Waals surface area (Å²) in [6.45, 7) is 9.39. The number of aliphatic hydroxyl groups excluding tert-OH is 1. The van der Waals surface area contributed by atoms with Crippen LogP contribution < -0.4 is 5.32 Å². The van der Waals surface area contributed by atoms with Gasteiger partial charge in [0, 0.05) is 18.9 Å². The predicted octanol–water partition coefficient (Wildman–Crippen LogP) is 3.83. The highest BCUT2D eigenvalue weighted by atomic mass is 16.6. The van der Waals surface area contributed by atoms with Gasteiger partial charge in [-0.3, -0.25) is 4.79 Å². The van der Waals surface area contributed by atoms with Gasteiger partial charge in [0.1, 0.15) is 11.7 Å². The van der Waals surface area contributed by atoms with E-state index in [4.69, 9.17) is 4.74 Å². The number of hydrogen-bond acceptors (Lipinski definition) is 4. The van der Waals surface area contributed by atoms with Crippen molar-refractivity contribution < 1.29 is 19.4 Å². The Kier molecular flexibility index (Phi) is 8.20. The highest BCUT2D eigenvalue weighted by Gasteiger charge is 2.30. The Bertz CT molecular complexity index is 408. The predicted molar refractivity (Wildman–Crippen MR) is 94.8 cm³/mol. The van der Waals surface area contributed by atoms with Gasteiger partial charge in [-0.1, -0.05) is 33.1 Å². The van der Waals surface area contributed by atoms with E-state index in [1.807, 2.05) is 34.6 Å². The summed E-state index contributed by atoms with van der Waals surface area (Å²) in [4.78, 5) is 24.2. The minimum Gasteiger partial charge on any atom is -0.444 e. The maximum absolute atomic E-state index is 12.1. The van der Waals surface area contributed by atoms with Crippen molar-refractivity contribution in [3.8, 4) is 0 Å². The van der Waals surface area contributed by atoms with Crippen LogP contribution in [0, 0.1) is 11.8 Å². The van der Waals surface area contributed by atoms with E-state index in [0.29, 0.717) is 12.3 Å². The average molecular weight is 341 g/mol. The molecule has 0 aromatic heterocycles. The number of hydrogen-bond donors (Lipinski definition) is 2. The second-order valence-corrected chi connectivity index (χ2v) is 8.47. The molecular formula is C19H35NO4. The lowest BCUT2D eigenvalue weighted by molar-refractivity contribution is -0.128.